The first-order valence-corrected chi connectivity index (χ1v) is 4.49. The van der Waals surface area contributed by atoms with Crippen LogP contribution in [0.15, 0.2) is 18.2 Å². The third kappa shape index (κ3) is 3.25. The van der Waals surface area contributed by atoms with Gasteiger partial charge in [-0.2, -0.15) is 0 Å². The predicted octanol–water partition coefficient (Wildman–Crippen LogP) is 2.67. The normalized spacial score (nSPS) is 10.1. The van der Waals surface area contributed by atoms with Gasteiger partial charge in [-0.05, 0) is 24.6 Å². The van der Waals surface area contributed by atoms with E-state index in [1.165, 1.54) is 0 Å². The fraction of sp³-hybridized carbons (Fsp3) is 0.400. The summed E-state index contributed by atoms with van der Waals surface area (Å²) in [5.41, 5.74) is 1.14. The van der Waals surface area contributed by atoms with Crippen molar-refractivity contribution in [2.24, 2.45) is 0 Å². The Labute approximate surface area is 83.4 Å². The van der Waals surface area contributed by atoms with Crippen LogP contribution < -0.4 is 4.74 Å². The van der Waals surface area contributed by atoms with E-state index in [1.807, 2.05) is 25.1 Å². The maximum absolute atomic E-state index is 5.91. The van der Waals surface area contributed by atoms with E-state index in [-0.39, 0.29) is 0 Å². The molecule has 1 aromatic rings. The van der Waals surface area contributed by atoms with E-state index in [1.54, 1.807) is 7.11 Å². The van der Waals surface area contributed by atoms with Gasteiger partial charge in [-0.3, -0.25) is 0 Å². The minimum atomic E-state index is 0.527. The Morgan fingerprint density at radius 2 is 2.08 bits per heavy atom. The van der Waals surface area contributed by atoms with Crippen molar-refractivity contribution in [2.45, 2.75) is 6.92 Å². The molecule has 0 aliphatic heterocycles. The Morgan fingerprint density at radius 1 is 1.31 bits per heavy atom. The minimum Gasteiger partial charge on any atom is -0.490 e. The van der Waals surface area contributed by atoms with Gasteiger partial charge in [0, 0.05) is 7.11 Å². The summed E-state index contributed by atoms with van der Waals surface area (Å²) in [6.07, 6.45) is 0. The zero-order valence-electron chi connectivity index (χ0n) is 7.84. The van der Waals surface area contributed by atoms with Crippen molar-refractivity contribution in [1.29, 1.82) is 0 Å². The number of aryl methyl sites for hydroxylation is 1. The topological polar surface area (TPSA) is 18.5 Å². The highest BCUT2D eigenvalue weighted by Crippen LogP contribution is 2.24. The van der Waals surface area contributed by atoms with Crippen LogP contribution in [0, 0.1) is 6.92 Å². The molecule has 1 rings (SSSR count). The molecule has 0 saturated heterocycles. The monoisotopic (exact) mass is 200 g/mol. The fourth-order valence-electron chi connectivity index (χ4n) is 0.956. The highest BCUT2D eigenvalue weighted by Gasteiger charge is 2.00. The summed E-state index contributed by atoms with van der Waals surface area (Å²) in [5.74, 6) is 0.721. The lowest BCUT2D eigenvalue weighted by Crippen LogP contribution is -2.04. The summed E-state index contributed by atoms with van der Waals surface area (Å²) < 4.78 is 10.3. The number of ether oxygens (including phenoxy) is 2. The Kier molecular flexibility index (Phi) is 4.06. The van der Waals surface area contributed by atoms with Gasteiger partial charge >= 0.3 is 0 Å². The van der Waals surface area contributed by atoms with Crippen LogP contribution >= 0.6 is 11.6 Å². The van der Waals surface area contributed by atoms with Crippen molar-refractivity contribution in [1.82, 2.24) is 0 Å². The van der Waals surface area contributed by atoms with Crippen LogP contribution in [0.2, 0.25) is 5.02 Å². The molecule has 0 spiro atoms. The first kappa shape index (κ1) is 10.4. The molecule has 0 fully saturated rings. The average Bonchev–Trinajstić information content (AvgIpc) is 2.11. The molecule has 0 aliphatic carbocycles. The number of methoxy groups -OCH3 is 1. The Morgan fingerprint density at radius 3 is 2.77 bits per heavy atom. The second-order valence-electron chi connectivity index (χ2n) is 2.78. The van der Waals surface area contributed by atoms with E-state index in [0.29, 0.717) is 18.2 Å². The number of hydrogen-bond acceptors (Lipinski definition) is 2. The Hall–Kier alpha value is -0.730. The summed E-state index contributed by atoms with van der Waals surface area (Å²) in [5, 5.41) is 0.640. The van der Waals surface area contributed by atoms with Gasteiger partial charge in [0.2, 0.25) is 0 Å². The largest absolute Gasteiger partial charge is 0.490 e. The molecule has 0 bridgehead atoms. The predicted molar refractivity (Wildman–Crippen MR) is 53.6 cm³/mol. The van der Waals surface area contributed by atoms with E-state index in [9.17, 15) is 0 Å². The minimum absolute atomic E-state index is 0.527. The molecule has 1 aromatic carbocycles. The van der Waals surface area contributed by atoms with Gasteiger partial charge < -0.3 is 9.47 Å². The van der Waals surface area contributed by atoms with Crippen molar-refractivity contribution in [2.75, 3.05) is 20.3 Å². The van der Waals surface area contributed by atoms with E-state index >= 15 is 0 Å². The van der Waals surface area contributed by atoms with Crippen LogP contribution in [0.3, 0.4) is 0 Å². The molecule has 13 heavy (non-hydrogen) atoms. The molecule has 0 amide bonds. The third-order valence-electron chi connectivity index (χ3n) is 1.63. The maximum Gasteiger partial charge on any atom is 0.138 e. The molecule has 72 valence electrons. The number of rotatable bonds is 4. The van der Waals surface area contributed by atoms with E-state index in [4.69, 9.17) is 21.1 Å². The van der Waals surface area contributed by atoms with E-state index in [0.717, 1.165) is 11.3 Å². The summed E-state index contributed by atoms with van der Waals surface area (Å²) in [6.45, 7) is 3.10. The third-order valence-corrected chi connectivity index (χ3v) is 1.94. The molecule has 0 unspecified atom stereocenters. The lowest BCUT2D eigenvalue weighted by Gasteiger charge is -2.07. The molecule has 0 heterocycles. The Balaban J connectivity index is 2.59. The summed E-state index contributed by atoms with van der Waals surface area (Å²) >= 11 is 5.91. The molecule has 2 nitrogen and oxygen atoms in total. The number of halogens is 1. The smallest absolute Gasteiger partial charge is 0.138 e. The molecule has 0 saturated carbocycles. The average molecular weight is 201 g/mol. The summed E-state index contributed by atoms with van der Waals surface area (Å²) in [6, 6.07) is 5.70. The van der Waals surface area contributed by atoms with Crippen LogP contribution in [0.25, 0.3) is 0 Å². The Bertz CT molecular complexity index is 274. The van der Waals surface area contributed by atoms with Crippen LogP contribution in [-0.4, -0.2) is 20.3 Å². The molecule has 0 atom stereocenters. The fourth-order valence-corrected chi connectivity index (χ4v) is 1.13. The molecular weight excluding hydrogens is 188 g/mol. The molecule has 0 aromatic heterocycles. The van der Waals surface area contributed by atoms with Gasteiger partial charge in [0.15, 0.2) is 0 Å². The van der Waals surface area contributed by atoms with Crippen molar-refractivity contribution in [3.05, 3.63) is 28.8 Å². The SMILES string of the molecule is COCCOc1cc(C)ccc1Cl. The zero-order valence-corrected chi connectivity index (χ0v) is 8.60. The van der Waals surface area contributed by atoms with Gasteiger partial charge in [0.05, 0.1) is 11.6 Å². The lowest BCUT2D eigenvalue weighted by molar-refractivity contribution is 0.146. The molecular formula is C10H13ClO2. The van der Waals surface area contributed by atoms with Crippen molar-refractivity contribution < 1.29 is 9.47 Å². The zero-order chi connectivity index (χ0) is 9.68. The molecule has 0 aliphatic rings. The lowest BCUT2D eigenvalue weighted by atomic mass is 10.2. The second-order valence-corrected chi connectivity index (χ2v) is 3.18. The maximum atomic E-state index is 5.91. The molecule has 0 N–H and O–H groups in total. The number of benzene rings is 1. The highest BCUT2D eigenvalue weighted by molar-refractivity contribution is 6.32. The summed E-state index contributed by atoms with van der Waals surface area (Å²) in [7, 11) is 1.64. The van der Waals surface area contributed by atoms with Crippen molar-refractivity contribution in [3.8, 4) is 5.75 Å². The van der Waals surface area contributed by atoms with Crippen LogP contribution in [0.1, 0.15) is 5.56 Å². The van der Waals surface area contributed by atoms with Crippen LogP contribution in [0.5, 0.6) is 5.75 Å². The first-order chi connectivity index (χ1) is 6.24. The quantitative estimate of drug-likeness (QED) is 0.696. The van der Waals surface area contributed by atoms with Crippen LogP contribution in [0.4, 0.5) is 0 Å². The van der Waals surface area contributed by atoms with Gasteiger partial charge in [-0.15, -0.1) is 0 Å². The molecule has 0 radical (unpaired) electrons. The van der Waals surface area contributed by atoms with Crippen molar-refractivity contribution >= 4 is 11.6 Å². The molecule has 3 heteroatoms. The van der Waals surface area contributed by atoms with E-state index in [2.05, 4.69) is 0 Å². The standard InChI is InChI=1S/C10H13ClO2/c1-8-3-4-9(11)10(7-8)13-6-5-12-2/h3-4,7H,5-6H2,1-2H3. The van der Waals surface area contributed by atoms with Crippen molar-refractivity contribution in [3.63, 3.8) is 0 Å². The second kappa shape index (κ2) is 5.10. The van der Waals surface area contributed by atoms with Gasteiger partial charge in [-0.1, -0.05) is 17.7 Å². The van der Waals surface area contributed by atoms with Gasteiger partial charge in [0.1, 0.15) is 12.4 Å². The first-order valence-electron chi connectivity index (χ1n) is 4.12. The van der Waals surface area contributed by atoms with Gasteiger partial charge in [0.25, 0.3) is 0 Å². The van der Waals surface area contributed by atoms with E-state index < -0.39 is 0 Å². The van der Waals surface area contributed by atoms with Crippen LogP contribution in [-0.2, 0) is 4.74 Å². The summed E-state index contributed by atoms with van der Waals surface area (Å²) in [4.78, 5) is 0. The van der Waals surface area contributed by atoms with Gasteiger partial charge in [-0.25, -0.2) is 0 Å². The number of hydrogen-bond donors (Lipinski definition) is 0. The highest BCUT2D eigenvalue weighted by atomic mass is 35.5.